The third-order valence-electron chi connectivity index (χ3n) is 3.31. The molecule has 3 unspecified atom stereocenters. The highest BCUT2D eigenvalue weighted by Gasteiger charge is 2.42. The molecule has 0 spiro atoms. The van der Waals surface area contributed by atoms with Crippen LogP contribution in [-0.2, 0) is 11.2 Å². The van der Waals surface area contributed by atoms with Crippen molar-refractivity contribution in [2.75, 3.05) is 6.61 Å². The van der Waals surface area contributed by atoms with Gasteiger partial charge in [0, 0.05) is 17.9 Å². The fourth-order valence-corrected chi connectivity index (χ4v) is 2.95. The summed E-state index contributed by atoms with van der Waals surface area (Å²) in [7, 11) is 0. The minimum absolute atomic E-state index is 0.188. The van der Waals surface area contributed by atoms with Gasteiger partial charge in [-0.25, -0.2) is 0 Å². The topological polar surface area (TPSA) is 18.5 Å². The van der Waals surface area contributed by atoms with Gasteiger partial charge in [-0.15, -0.1) is 0 Å². The highest BCUT2D eigenvalue weighted by atomic mass is 79.9. The average molecular weight is 313 g/mol. The van der Waals surface area contributed by atoms with Crippen LogP contribution in [0.2, 0.25) is 0 Å². The second-order valence-corrected chi connectivity index (χ2v) is 5.92. The summed E-state index contributed by atoms with van der Waals surface area (Å²) in [5, 5.41) is 0. The molecule has 2 nitrogen and oxygen atoms in total. The van der Waals surface area contributed by atoms with Gasteiger partial charge in [-0.2, -0.15) is 0 Å². The van der Waals surface area contributed by atoms with Gasteiger partial charge in [0.2, 0.25) is 0 Å². The van der Waals surface area contributed by atoms with Gasteiger partial charge >= 0.3 is 0 Å². The van der Waals surface area contributed by atoms with Crippen molar-refractivity contribution in [3.8, 4) is 5.75 Å². The Morgan fingerprint density at radius 3 is 2.50 bits per heavy atom. The highest BCUT2D eigenvalue weighted by molar-refractivity contribution is 9.09. The zero-order valence-corrected chi connectivity index (χ0v) is 12.7. The van der Waals surface area contributed by atoms with Gasteiger partial charge in [-0.3, -0.25) is 0 Å². The molecule has 0 N–H and O–H groups in total. The lowest BCUT2D eigenvalue weighted by molar-refractivity contribution is -0.0762. The number of halogens is 1. The first-order valence-electron chi connectivity index (χ1n) is 6.75. The Bertz CT molecular complexity index is 363. The lowest BCUT2D eigenvalue weighted by Gasteiger charge is -2.40. The maximum atomic E-state index is 5.97. The number of ether oxygens (including phenoxy) is 2. The van der Waals surface area contributed by atoms with Gasteiger partial charge < -0.3 is 9.47 Å². The molecule has 0 saturated heterocycles. The Hall–Kier alpha value is -0.540. The second kappa shape index (κ2) is 6.58. The van der Waals surface area contributed by atoms with Crippen LogP contribution in [-0.4, -0.2) is 23.6 Å². The molecule has 1 saturated carbocycles. The van der Waals surface area contributed by atoms with E-state index < -0.39 is 0 Å². The molecule has 18 heavy (non-hydrogen) atoms. The van der Waals surface area contributed by atoms with E-state index in [-0.39, 0.29) is 12.2 Å². The van der Waals surface area contributed by atoms with Gasteiger partial charge in [-0.1, -0.05) is 41.9 Å². The van der Waals surface area contributed by atoms with E-state index in [0.29, 0.717) is 4.83 Å². The number of hydrogen-bond donors (Lipinski definition) is 0. The van der Waals surface area contributed by atoms with Crippen molar-refractivity contribution in [1.29, 1.82) is 0 Å². The van der Waals surface area contributed by atoms with E-state index in [2.05, 4.69) is 54.0 Å². The van der Waals surface area contributed by atoms with Crippen LogP contribution >= 0.6 is 15.9 Å². The minimum atomic E-state index is 0.188. The van der Waals surface area contributed by atoms with Crippen LogP contribution in [0.3, 0.4) is 0 Å². The third-order valence-corrected chi connectivity index (χ3v) is 4.21. The zero-order valence-electron chi connectivity index (χ0n) is 11.1. The van der Waals surface area contributed by atoms with Crippen LogP contribution in [0.5, 0.6) is 5.75 Å². The molecule has 100 valence electrons. The molecule has 1 aromatic carbocycles. The summed E-state index contributed by atoms with van der Waals surface area (Å²) >= 11 is 3.63. The van der Waals surface area contributed by atoms with Crippen LogP contribution in [0.25, 0.3) is 0 Å². The predicted molar refractivity (Wildman–Crippen MR) is 77.6 cm³/mol. The van der Waals surface area contributed by atoms with Crippen LogP contribution in [0.1, 0.15) is 32.3 Å². The molecule has 3 atom stereocenters. The summed E-state index contributed by atoms with van der Waals surface area (Å²) in [5.41, 5.74) is 1.34. The van der Waals surface area contributed by atoms with E-state index in [4.69, 9.17) is 9.47 Å². The Labute approximate surface area is 118 Å². The fraction of sp³-hybridized carbons (Fsp3) is 0.600. The van der Waals surface area contributed by atoms with Crippen LogP contribution in [0.15, 0.2) is 24.3 Å². The maximum absolute atomic E-state index is 5.97. The minimum Gasteiger partial charge on any atom is -0.488 e. The number of benzene rings is 1. The summed E-state index contributed by atoms with van der Waals surface area (Å²) in [6.45, 7) is 5.09. The molecular formula is C15H21BrO2. The highest BCUT2D eigenvalue weighted by Crippen LogP contribution is 2.34. The van der Waals surface area contributed by atoms with Crippen LogP contribution in [0, 0.1) is 0 Å². The zero-order chi connectivity index (χ0) is 13.0. The lowest BCUT2D eigenvalue weighted by atomic mass is 9.91. The van der Waals surface area contributed by atoms with E-state index in [1.165, 1.54) is 5.56 Å². The molecule has 0 bridgehead atoms. The maximum Gasteiger partial charge on any atom is 0.127 e. The standard InChI is InChI=1S/C15H21BrO2/c1-3-9-17-15-13(16)10-14(15)18-12-7-5-11(4-2)6-8-12/h5-8,13-15H,3-4,9-10H2,1-2H3. The third kappa shape index (κ3) is 3.27. The first kappa shape index (κ1) is 13.9. The van der Waals surface area contributed by atoms with E-state index >= 15 is 0 Å². The summed E-state index contributed by atoms with van der Waals surface area (Å²) in [4.78, 5) is 0.434. The van der Waals surface area contributed by atoms with Crippen molar-refractivity contribution in [2.24, 2.45) is 0 Å². The van der Waals surface area contributed by atoms with Crippen molar-refractivity contribution in [3.63, 3.8) is 0 Å². The Balaban J connectivity index is 1.88. The largest absolute Gasteiger partial charge is 0.488 e. The molecule has 1 aliphatic rings. The van der Waals surface area contributed by atoms with Gasteiger partial charge in [0.05, 0.1) is 0 Å². The molecule has 1 aromatic rings. The monoisotopic (exact) mass is 312 g/mol. The molecule has 0 heterocycles. The normalized spacial score (nSPS) is 26.7. The summed E-state index contributed by atoms with van der Waals surface area (Å²) in [5.74, 6) is 0.946. The molecule has 2 rings (SSSR count). The van der Waals surface area contributed by atoms with Crippen molar-refractivity contribution in [2.45, 2.75) is 50.1 Å². The van der Waals surface area contributed by atoms with E-state index in [1.807, 2.05) is 0 Å². The Morgan fingerprint density at radius 1 is 1.22 bits per heavy atom. The van der Waals surface area contributed by atoms with Gasteiger partial charge in [0.25, 0.3) is 0 Å². The average Bonchev–Trinajstić information content (AvgIpc) is 2.39. The van der Waals surface area contributed by atoms with Gasteiger partial charge in [0.1, 0.15) is 18.0 Å². The van der Waals surface area contributed by atoms with Crippen molar-refractivity contribution >= 4 is 15.9 Å². The Kier molecular flexibility index (Phi) is 5.07. The first-order chi connectivity index (χ1) is 8.74. The lowest BCUT2D eigenvalue weighted by Crippen LogP contribution is -2.52. The smallest absolute Gasteiger partial charge is 0.127 e. The van der Waals surface area contributed by atoms with E-state index in [1.54, 1.807) is 0 Å². The number of rotatable bonds is 6. The van der Waals surface area contributed by atoms with Crippen LogP contribution < -0.4 is 4.74 Å². The summed E-state index contributed by atoms with van der Waals surface area (Å²) in [6, 6.07) is 8.36. The van der Waals surface area contributed by atoms with E-state index in [9.17, 15) is 0 Å². The number of hydrogen-bond acceptors (Lipinski definition) is 2. The molecular weight excluding hydrogens is 292 g/mol. The van der Waals surface area contributed by atoms with Crippen molar-refractivity contribution in [1.82, 2.24) is 0 Å². The molecule has 0 amide bonds. The molecule has 0 aliphatic heterocycles. The SMILES string of the molecule is CCCOC1C(Br)CC1Oc1ccc(CC)cc1. The molecule has 1 fully saturated rings. The van der Waals surface area contributed by atoms with E-state index in [0.717, 1.165) is 31.6 Å². The fourth-order valence-electron chi connectivity index (χ4n) is 2.09. The quantitative estimate of drug-likeness (QED) is 0.740. The molecule has 0 radical (unpaired) electrons. The first-order valence-corrected chi connectivity index (χ1v) is 7.67. The summed E-state index contributed by atoms with van der Waals surface area (Å²) in [6.07, 6.45) is 3.51. The molecule has 1 aliphatic carbocycles. The predicted octanol–water partition coefficient (Wildman–Crippen LogP) is 3.96. The number of alkyl halides is 1. The van der Waals surface area contributed by atoms with Gasteiger partial charge in [0.15, 0.2) is 0 Å². The van der Waals surface area contributed by atoms with Crippen molar-refractivity contribution in [3.05, 3.63) is 29.8 Å². The number of aryl methyl sites for hydroxylation is 1. The van der Waals surface area contributed by atoms with Crippen LogP contribution in [0.4, 0.5) is 0 Å². The Morgan fingerprint density at radius 2 is 1.94 bits per heavy atom. The second-order valence-electron chi connectivity index (χ2n) is 4.74. The molecule has 0 aromatic heterocycles. The van der Waals surface area contributed by atoms with Gasteiger partial charge in [-0.05, 0) is 30.5 Å². The molecule has 3 heteroatoms. The summed E-state index contributed by atoms with van der Waals surface area (Å²) < 4.78 is 11.8. The van der Waals surface area contributed by atoms with Crippen molar-refractivity contribution < 1.29 is 9.47 Å².